The van der Waals surface area contributed by atoms with Crippen molar-refractivity contribution in [3.05, 3.63) is 0 Å². The van der Waals surface area contributed by atoms with Gasteiger partial charge in [0.1, 0.15) is 0 Å². The first kappa shape index (κ1) is 15.7. The number of hydrogen-bond acceptors (Lipinski definition) is 1. The van der Waals surface area contributed by atoms with E-state index < -0.39 is 6.09 Å². The van der Waals surface area contributed by atoms with Gasteiger partial charge in [0.15, 0.2) is 0 Å². The van der Waals surface area contributed by atoms with Gasteiger partial charge >= 0.3 is 57.5 Å². The molecule has 0 saturated carbocycles. The van der Waals surface area contributed by atoms with E-state index in [1.807, 2.05) is 0 Å². The summed E-state index contributed by atoms with van der Waals surface area (Å²) in [6, 6.07) is 0. The van der Waals surface area contributed by atoms with Gasteiger partial charge in [-0.15, -0.1) is 17.0 Å². The molecule has 0 radical (unpaired) electrons. The third-order valence-electron chi connectivity index (χ3n) is 0. The molecule has 0 atom stereocenters. The van der Waals surface area contributed by atoms with Crippen LogP contribution in [-0.2, 0) is 0 Å². The molecule has 1 amide bonds. The van der Waals surface area contributed by atoms with Gasteiger partial charge in [-0.05, 0) is 0 Å². The quantitative estimate of drug-likeness (QED) is 0.401. The van der Waals surface area contributed by atoms with E-state index in [9.17, 15) is 0 Å². The second-order valence-corrected chi connectivity index (χ2v) is 0.338. The molecule has 0 bridgehead atoms. The first-order chi connectivity index (χ1) is 1.73. The molecule has 0 unspecified atom stereocenters. The average Bonchev–Trinajstić information content (AvgIpc) is 0.811. The molecule has 0 rings (SSSR count). The number of carbonyl (C=O) groups is 1. The summed E-state index contributed by atoms with van der Waals surface area (Å²) in [5, 5.41) is 7.19. The Hall–Kier alpha value is 1.39. The van der Waals surface area contributed by atoms with E-state index in [1.54, 1.807) is 0 Å². The van der Waals surface area contributed by atoms with Crippen LogP contribution < -0.4 is 57.1 Å². The molecule has 0 spiro atoms. The van der Waals surface area contributed by atoms with E-state index in [0.717, 1.165) is 0 Å². The van der Waals surface area contributed by atoms with Crippen molar-refractivity contribution in [1.82, 2.24) is 0 Å². The van der Waals surface area contributed by atoms with Gasteiger partial charge in [0, 0.05) is 0 Å². The first-order valence-corrected chi connectivity index (χ1v) is 0.716. The van der Waals surface area contributed by atoms with E-state index in [1.165, 1.54) is 0 Å². The summed E-state index contributed by atoms with van der Waals surface area (Å²) >= 11 is 0. The minimum Gasteiger partial charge on any atom is -1.00 e. The van der Waals surface area contributed by atoms with Gasteiger partial charge in [0.05, 0.1) is 0 Å². The van der Waals surface area contributed by atoms with Crippen molar-refractivity contribution in [3.63, 3.8) is 0 Å². The molecular formula is CH5BrKNO2. The fraction of sp³-hybridized carbons (Fsp3) is 0. The van der Waals surface area contributed by atoms with Crippen molar-refractivity contribution < 1.29 is 62.7 Å². The summed E-state index contributed by atoms with van der Waals surface area (Å²) < 4.78 is 0. The number of rotatable bonds is 0. The van der Waals surface area contributed by atoms with E-state index in [4.69, 9.17) is 9.90 Å². The molecule has 0 aliphatic carbocycles. The predicted molar refractivity (Wildman–Crippen MR) is 23.6 cm³/mol. The Morgan fingerprint density at radius 3 is 1.83 bits per heavy atom. The molecule has 0 heterocycles. The maximum Gasteiger partial charge on any atom is 1.00 e. The van der Waals surface area contributed by atoms with Crippen LogP contribution in [0.3, 0.4) is 0 Å². The normalized spacial score (nSPS) is 4.00. The van der Waals surface area contributed by atoms with Crippen LogP contribution in [0.4, 0.5) is 4.79 Å². The molecule has 3 nitrogen and oxygen atoms in total. The topological polar surface area (TPSA) is 63.3 Å². The fourth-order valence-corrected chi connectivity index (χ4v) is 0. The summed E-state index contributed by atoms with van der Waals surface area (Å²) in [6.07, 6.45) is -1.33. The van der Waals surface area contributed by atoms with Crippen molar-refractivity contribution in [2.24, 2.45) is 5.73 Å². The second kappa shape index (κ2) is 9.63. The van der Waals surface area contributed by atoms with Crippen LogP contribution >= 0.6 is 17.0 Å². The average molecular weight is 182 g/mol. The van der Waals surface area contributed by atoms with Crippen molar-refractivity contribution >= 4 is 23.1 Å². The molecule has 3 N–H and O–H groups in total. The molecular weight excluding hydrogens is 177 g/mol. The van der Waals surface area contributed by atoms with Crippen molar-refractivity contribution in [3.8, 4) is 0 Å². The first-order valence-electron chi connectivity index (χ1n) is 0.716. The van der Waals surface area contributed by atoms with E-state index in [2.05, 4.69) is 5.73 Å². The molecule has 5 heteroatoms. The third kappa shape index (κ3) is 53.9. The van der Waals surface area contributed by atoms with E-state index in [0.29, 0.717) is 0 Å². The van der Waals surface area contributed by atoms with Gasteiger partial charge in [0.25, 0.3) is 0 Å². The molecule has 6 heavy (non-hydrogen) atoms. The minimum atomic E-state index is -1.33. The third-order valence-corrected chi connectivity index (χ3v) is 0. The molecule has 0 aliphatic heterocycles. The van der Waals surface area contributed by atoms with Gasteiger partial charge in [0.2, 0.25) is 0 Å². The minimum absolute atomic E-state index is 0. The van der Waals surface area contributed by atoms with Crippen LogP contribution in [0.15, 0.2) is 0 Å². The number of carboxylic acid groups (broad SMARTS) is 1. The summed E-state index contributed by atoms with van der Waals surface area (Å²) in [5.41, 5.74) is 4.03. The Bertz CT molecular complexity index is 40.7. The maximum absolute atomic E-state index is 8.78. The van der Waals surface area contributed by atoms with Gasteiger partial charge in [-0.1, -0.05) is 0 Å². The van der Waals surface area contributed by atoms with Gasteiger partial charge in [-0.25, -0.2) is 4.79 Å². The zero-order valence-corrected chi connectivity index (χ0v) is 8.18. The van der Waals surface area contributed by atoms with Crippen LogP contribution in [0.5, 0.6) is 0 Å². The molecule has 0 fully saturated rings. The van der Waals surface area contributed by atoms with Crippen LogP contribution in [-0.4, -0.2) is 11.2 Å². The summed E-state index contributed by atoms with van der Waals surface area (Å²) in [5.74, 6) is 0. The van der Waals surface area contributed by atoms with E-state index in [-0.39, 0.29) is 69.8 Å². The summed E-state index contributed by atoms with van der Waals surface area (Å²) in [7, 11) is 0. The number of halogens is 1. The number of primary amides is 1. The largest absolute Gasteiger partial charge is 1.00 e. The molecule has 0 aromatic heterocycles. The zero-order valence-electron chi connectivity index (χ0n) is 4.34. The van der Waals surface area contributed by atoms with Crippen LogP contribution in [0.2, 0.25) is 0 Å². The molecule has 0 saturated heterocycles. The van der Waals surface area contributed by atoms with Crippen molar-refractivity contribution in [1.29, 1.82) is 0 Å². The Labute approximate surface area is 90.0 Å². The Balaban J connectivity index is -0.0000000150. The fourth-order valence-electron chi connectivity index (χ4n) is 0. The zero-order chi connectivity index (χ0) is 3.58. The van der Waals surface area contributed by atoms with Gasteiger partial charge in [-0.3, -0.25) is 0 Å². The second-order valence-electron chi connectivity index (χ2n) is 0.338. The standard InChI is InChI=1S/CH3NO2.BrH.K.H/c2-1(3)4;;;/h2H2,(H,3,4);1H;;/q;;+1;-1. The Morgan fingerprint density at radius 1 is 1.83 bits per heavy atom. The van der Waals surface area contributed by atoms with E-state index >= 15 is 0 Å². The smallest absolute Gasteiger partial charge is 1.00 e. The van der Waals surface area contributed by atoms with Crippen molar-refractivity contribution in [2.45, 2.75) is 0 Å². The number of amides is 1. The maximum atomic E-state index is 8.78. The molecule has 0 aliphatic rings. The Kier molecular flexibility index (Phi) is 25.1. The predicted octanol–water partition coefficient (Wildman–Crippen LogP) is -2.68. The van der Waals surface area contributed by atoms with Crippen LogP contribution in [0.25, 0.3) is 0 Å². The van der Waals surface area contributed by atoms with Gasteiger partial charge in [-0.2, -0.15) is 0 Å². The molecule has 0 aromatic carbocycles. The van der Waals surface area contributed by atoms with Crippen LogP contribution in [0, 0.1) is 0 Å². The SMILES string of the molecule is Br.NC(=O)O.[H-].[K+]. The van der Waals surface area contributed by atoms with Crippen LogP contribution in [0.1, 0.15) is 1.43 Å². The monoisotopic (exact) mass is 181 g/mol. The van der Waals surface area contributed by atoms with Crippen molar-refractivity contribution in [2.75, 3.05) is 0 Å². The number of hydrogen-bond donors (Lipinski definition) is 2. The summed E-state index contributed by atoms with van der Waals surface area (Å²) in [4.78, 5) is 8.78. The molecule has 34 valence electrons. The summed E-state index contributed by atoms with van der Waals surface area (Å²) in [6.45, 7) is 0. The molecule has 0 aromatic rings. The number of nitrogens with two attached hydrogens (primary N) is 1. The Morgan fingerprint density at radius 2 is 1.83 bits per heavy atom. The van der Waals surface area contributed by atoms with Gasteiger partial charge < -0.3 is 12.3 Å².